The molecule has 0 fully saturated rings. The highest BCUT2D eigenvalue weighted by molar-refractivity contribution is 6.42. The van der Waals surface area contributed by atoms with Crippen LogP contribution in [-0.4, -0.2) is 35.4 Å². The van der Waals surface area contributed by atoms with E-state index in [4.69, 9.17) is 39.5 Å². The number of carbonyl (C=O) groups excluding carboxylic acids is 2. The lowest BCUT2D eigenvalue weighted by Crippen LogP contribution is -2.50. The van der Waals surface area contributed by atoms with Gasteiger partial charge in [0.25, 0.3) is 5.91 Å². The van der Waals surface area contributed by atoms with Gasteiger partial charge in [-0.1, -0.05) is 40.9 Å². The summed E-state index contributed by atoms with van der Waals surface area (Å²) in [6.07, 6.45) is 0. The van der Waals surface area contributed by atoms with Crippen LogP contribution in [0.2, 0.25) is 15.1 Å². The summed E-state index contributed by atoms with van der Waals surface area (Å²) in [7, 11) is 0. The molecule has 0 bridgehead atoms. The molecular weight excluding hydrogens is 459 g/mol. The van der Waals surface area contributed by atoms with E-state index in [-0.39, 0.29) is 31.0 Å². The van der Waals surface area contributed by atoms with Gasteiger partial charge in [0.2, 0.25) is 5.91 Å². The molecule has 2 aromatic rings. The van der Waals surface area contributed by atoms with Crippen LogP contribution in [0.1, 0.15) is 37.5 Å². The van der Waals surface area contributed by atoms with E-state index in [0.29, 0.717) is 20.8 Å². The lowest BCUT2D eigenvalue weighted by atomic mass is 10.1. The maximum atomic E-state index is 13.1. The van der Waals surface area contributed by atoms with E-state index in [0.717, 1.165) is 16.7 Å². The molecule has 5 nitrogen and oxygen atoms in total. The van der Waals surface area contributed by atoms with Gasteiger partial charge < -0.3 is 15.0 Å². The number of amides is 2. The number of benzene rings is 2. The number of halogens is 3. The van der Waals surface area contributed by atoms with Crippen LogP contribution in [0.15, 0.2) is 30.3 Å². The maximum Gasteiger partial charge on any atom is 0.261 e. The van der Waals surface area contributed by atoms with Crippen LogP contribution in [0, 0.1) is 13.8 Å². The van der Waals surface area contributed by atoms with Gasteiger partial charge in [-0.25, -0.2) is 0 Å². The predicted octanol–water partition coefficient (Wildman–Crippen LogP) is 5.58. The molecule has 2 aromatic carbocycles. The molecule has 0 aliphatic carbocycles. The van der Waals surface area contributed by atoms with Crippen molar-refractivity contribution in [1.29, 1.82) is 0 Å². The van der Waals surface area contributed by atoms with Crippen LogP contribution in [-0.2, 0) is 16.1 Å². The van der Waals surface area contributed by atoms with E-state index in [1.165, 1.54) is 4.90 Å². The van der Waals surface area contributed by atoms with Gasteiger partial charge in [-0.05, 0) is 75.6 Å². The molecule has 1 atom stereocenters. The molecule has 0 aliphatic rings. The van der Waals surface area contributed by atoms with Gasteiger partial charge in [0, 0.05) is 17.6 Å². The van der Waals surface area contributed by atoms with Crippen LogP contribution < -0.4 is 10.1 Å². The Morgan fingerprint density at radius 2 is 1.61 bits per heavy atom. The molecule has 0 aliphatic heterocycles. The normalized spacial score (nSPS) is 11.9. The second-order valence-corrected chi connectivity index (χ2v) is 8.96. The smallest absolute Gasteiger partial charge is 0.261 e. The van der Waals surface area contributed by atoms with E-state index in [9.17, 15) is 9.59 Å². The second-order valence-electron chi connectivity index (χ2n) is 7.77. The molecule has 31 heavy (non-hydrogen) atoms. The summed E-state index contributed by atoms with van der Waals surface area (Å²) >= 11 is 18.3. The third-order valence-corrected chi connectivity index (χ3v) is 6.04. The topological polar surface area (TPSA) is 58.6 Å². The van der Waals surface area contributed by atoms with Crippen molar-refractivity contribution in [1.82, 2.24) is 10.2 Å². The molecule has 0 heterocycles. The number of rotatable bonds is 8. The Bertz CT molecular complexity index is 940. The minimum Gasteiger partial charge on any atom is -0.484 e. The number of aryl methyl sites for hydroxylation is 2. The number of nitrogens with zero attached hydrogens (tertiary/aromatic N) is 1. The third kappa shape index (κ3) is 7.03. The van der Waals surface area contributed by atoms with E-state index >= 15 is 0 Å². The predicted molar refractivity (Wildman–Crippen MR) is 126 cm³/mol. The van der Waals surface area contributed by atoms with Crippen molar-refractivity contribution in [2.24, 2.45) is 0 Å². The lowest BCUT2D eigenvalue weighted by molar-refractivity contribution is -0.142. The van der Waals surface area contributed by atoms with Gasteiger partial charge in [0.05, 0.1) is 10.0 Å². The Morgan fingerprint density at radius 1 is 1.00 bits per heavy atom. The second kappa shape index (κ2) is 11.1. The summed E-state index contributed by atoms with van der Waals surface area (Å²) in [5.74, 6) is -0.0363. The van der Waals surface area contributed by atoms with E-state index < -0.39 is 6.04 Å². The highest BCUT2D eigenvalue weighted by atomic mass is 35.5. The van der Waals surface area contributed by atoms with E-state index in [2.05, 4.69) is 5.32 Å². The zero-order valence-corrected chi connectivity index (χ0v) is 20.5. The highest BCUT2D eigenvalue weighted by Gasteiger charge is 2.27. The fourth-order valence-corrected chi connectivity index (χ4v) is 3.47. The highest BCUT2D eigenvalue weighted by Crippen LogP contribution is 2.26. The van der Waals surface area contributed by atoms with E-state index in [1.807, 2.05) is 27.7 Å². The van der Waals surface area contributed by atoms with Crippen molar-refractivity contribution in [3.63, 3.8) is 0 Å². The van der Waals surface area contributed by atoms with Gasteiger partial charge >= 0.3 is 0 Å². The van der Waals surface area contributed by atoms with Crippen LogP contribution in [0.5, 0.6) is 5.75 Å². The lowest BCUT2D eigenvalue weighted by Gasteiger charge is -2.29. The zero-order chi connectivity index (χ0) is 23.3. The quantitative estimate of drug-likeness (QED) is 0.531. The minimum absolute atomic E-state index is 0.0480. The average molecular weight is 486 g/mol. The first kappa shape index (κ1) is 25.3. The number of nitrogens with one attached hydrogen (secondary N) is 1. The van der Waals surface area contributed by atoms with Crippen molar-refractivity contribution in [2.45, 2.75) is 53.2 Å². The molecule has 0 saturated carbocycles. The first-order valence-corrected chi connectivity index (χ1v) is 11.1. The van der Waals surface area contributed by atoms with Crippen molar-refractivity contribution in [2.75, 3.05) is 6.61 Å². The Balaban J connectivity index is 2.22. The van der Waals surface area contributed by atoms with E-state index in [1.54, 1.807) is 37.3 Å². The zero-order valence-electron chi connectivity index (χ0n) is 18.3. The molecule has 0 spiro atoms. The van der Waals surface area contributed by atoms with Gasteiger partial charge in [-0.3, -0.25) is 9.59 Å². The van der Waals surface area contributed by atoms with Crippen molar-refractivity contribution >= 4 is 46.6 Å². The summed E-state index contributed by atoms with van der Waals surface area (Å²) in [6.45, 7) is 9.13. The maximum absolute atomic E-state index is 13.1. The summed E-state index contributed by atoms with van der Waals surface area (Å²) in [5, 5.41) is 4.31. The number of hydrogen-bond acceptors (Lipinski definition) is 3. The summed E-state index contributed by atoms with van der Waals surface area (Å²) in [5.41, 5.74) is 2.48. The van der Waals surface area contributed by atoms with Crippen LogP contribution in [0.3, 0.4) is 0 Å². The summed E-state index contributed by atoms with van der Waals surface area (Å²) < 4.78 is 5.73. The molecule has 0 unspecified atom stereocenters. The van der Waals surface area contributed by atoms with Gasteiger partial charge in [0.1, 0.15) is 11.8 Å². The van der Waals surface area contributed by atoms with Crippen LogP contribution in [0.4, 0.5) is 0 Å². The molecule has 168 valence electrons. The average Bonchev–Trinajstić information content (AvgIpc) is 2.69. The number of carbonyl (C=O) groups is 2. The summed E-state index contributed by atoms with van der Waals surface area (Å²) in [4.78, 5) is 27.1. The minimum atomic E-state index is -0.707. The van der Waals surface area contributed by atoms with Crippen LogP contribution in [0.25, 0.3) is 0 Å². The standard InChI is InChI=1S/C23H27Cl3N2O3/c1-13(2)27-23(30)16(5)28(11-17-6-7-19(24)20(25)10-17)21(29)12-31-18-8-14(3)22(26)15(4)9-18/h6-10,13,16H,11-12H2,1-5H3,(H,27,30)/t16-/m1/s1. The Kier molecular flexibility index (Phi) is 9.04. The van der Waals surface area contributed by atoms with Crippen LogP contribution >= 0.6 is 34.8 Å². The van der Waals surface area contributed by atoms with Crippen molar-refractivity contribution < 1.29 is 14.3 Å². The summed E-state index contributed by atoms with van der Waals surface area (Å²) in [6, 6.07) is 7.92. The molecular formula is C23H27Cl3N2O3. The number of hydrogen-bond donors (Lipinski definition) is 1. The molecule has 8 heteroatoms. The first-order valence-electron chi connectivity index (χ1n) is 9.93. The van der Waals surface area contributed by atoms with Gasteiger partial charge in [0.15, 0.2) is 6.61 Å². The molecule has 0 radical (unpaired) electrons. The Labute approximate surface area is 198 Å². The molecule has 0 saturated heterocycles. The molecule has 0 aromatic heterocycles. The van der Waals surface area contributed by atoms with Crippen molar-refractivity contribution in [3.8, 4) is 5.75 Å². The first-order chi connectivity index (χ1) is 14.5. The number of ether oxygens (including phenoxy) is 1. The Morgan fingerprint density at radius 3 is 2.16 bits per heavy atom. The largest absolute Gasteiger partial charge is 0.484 e. The fraction of sp³-hybridized carbons (Fsp3) is 0.391. The third-order valence-electron chi connectivity index (χ3n) is 4.71. The monoisotopic (exact) mass is 484 g/mol. The SMILES string of the molecule is Cc1cc(OCC(=O)N(Cc2ccc(Cl)c(Cl)c2)[C@H](C)C(=O)NC(C)C)cc(C)c1Cl. The molecule has 2 amide bonds. The molecule has 2 rings (SSSR count). The fourth-order valence-electron chi connectivity index (χ4n) is 3.04. The van der Waals surface area contributed by atoms with Gasteiger partial charge in [-0.15, -0.1) is 0 Å². The Hall–Kier alpha value is -1.95. The molecule has 1 N–H and O–H groups in total. The van der Waals surface area contributed by atoms with Crippen molar-refractivity contribution in [3.05, 3.63) is 62.1 Å². The van der Waals surface area contributed by atoms with Gasteiger partial charge in [-0.2, -0.15) is 0 Å².